The van der Waals surface area contributed by atoms with Gasteiger partial charge in [-0.2, -0.15) is 0 Å². The van der Waals surface area contributed by atoms with Crippen LogP contribution in [0.1, 0.15) is 28.8 Å². The molecule has 1 aliphatic rings. The molecule has 7 heteroatoms. The van der Waals surface area contributed by atoms with Gasteiger partial charge < -0.3 is 10.2 Å². The Hall–Kier alpha value is -2.44. The van der Waals surface area contributed by atoms with Crippen LogP contribution in [0.5, 0.6) is 0 Å². The molecule has 0 unspecified atom stereocenters. The molecule has 1 fully saturated rings. The molecule has 1 aromatic carbocycles. The number of nitrogens with zero attached hydrogens (tertiary/aromatic N) is 3. The first-order chi connectivity index (χ1) is 12.6. The number of fused-ring (bicyclic) bond motifs is 2. The van der Waals surface area contributed by atoms with Crippen LogP contribution in [0.25, 0.3) is 16.6 Å². The van der Waals surface area contributed by atoms with Crippen molar-refractivity contribution in [2.45, 2.75) is 19.8 Å². The van der Waals surface area contributed by atoms with Crippen molar-refractivity contribution in [1.82, 2.24) is 19.6 Å². The molecule has 4 rings (SSSR count). The first-order valence-corrected chi connectivity index (χ1v) is 9.06. The van der Waals surface area contributed by atoms with E-state index in [1.165, 1.54) is 17.2 Å². The summed E-state index contributed by atoms with van der Waals surface area (Å²) in [7, 11) is 0. The largest absolute Gasteiger partial charge is 0.351 e. The molecule has 3 heterocycles. The summed E-state index contributed by atoms with van der Waals surface area (Å²) in [5.41, 5.74) is 2.25. The van der Waals surface area contributed by atoms with Crippen molar-refractivity contribution in [2.24, 2.45) is 0 Å². The van der Waals surface area contributed by atoms with E-state index >= 15 is 0 Å². The van der Waals surface area contributed by atoms with Crippen molar-refractivity contribution in [1.29, 1.82) is 0 Å². The molecule has 0 spiro atoms. The number of amides is 1. The van der Waals surface area contributed by atoms with E-state index in [2.05, 4.69) is 15.2 Å². The highest BCUT2D eigenvalue weighted by molar-refractivity contribution is 6.00. The molecular weight excluding hydrogens is 364 g/mol. The monoisotopic (exact) mass is 386 g/mol. The third kappa shape index (κ3) is 3.68. The van der Waals surface area contributed by atoms with Gasteiger partial charge in [0.15, 0.2) is 5.65 Å². The summed E-state index contributed by atoms with van der Waals surface area (Å²) < 4.78 is 1.46. The van der Waals surface area contributed by atoms with Gasteiger partial charge in [0.1, 0.15) is 0 Å². The molecule has 0 saturated carbocycles. The van der Waals surface area contributed by atoms with Crippen molar-refractivity contribution in [3.63, 3.8) is 0 Å². The number of rotatable bonds is 4. The van der Waals surface area contributed by atoms with Crippen molar-refractivity contribution >= 4 is 34.9 Å². The van der Waals surface area contributed by atoms with Crippen LogP contribution in [0.2, 0.25) is 0 Å². The number of aromatic nitrogens is 2. The predicted molar refractivity (Wildman–Crippen MR) is 109 cm³/mol. The molecule has 3 aromatic rings. The van der Waals surface area contributed by atoms with Gasteiger partial charge in [-0.1, -0.05) is 12.1 Å². The second kappa shape index (κ2) is 8.06. The van der Waals surface area contributed by atoms with Gasteiger partial charge in [0.05, 0.1) is 16.5 Å². The van der Waals surface area contributed by atoms with Gasteiger partial charge in [0.25, 0.3) is 11.5 Å². The van der Waals surface area contributed by atoms with Crippen molar-refractivity contribution in [3.05, 3.63) is 58.0 Å². The lowest BCUT2D eigenvalue weighted by atomic mass is 10.1. The van der Waals surface area contributed by atoms with E-state index < -0.39 is 0 Å². The molecule has 27 heavy (non-hydrogen) atoms. The molecule has 6 nitrogen and oxygen atoms in total. The molecule has 0 atom stereocenters. The zero-order valence-corrected chi connectivity index (χ0v) is 16.1. The Morgan fingerprint density at radius 3 is 2.74 bits per heavy atom. The fourth-order valence-electron chi connectivity index (χ4n) is 3.60. The molecule has 142 valence electrons. The smallest absolute Gasteiger partial charge is 0.265 e. The van der Waals surface area contributed by atoms with Crippen molar-refractivity contribution in [2.75, 3.05) is 26.2 Å². The maximum Gasteiger partial charge on any atom is 0.265 e. The van der Waals surface area contributed by atoms with Crippen LogP contribution in [0.3, 0.4) is 0 Å². The summed E-state index contributed by atoms with van der Waals surface area (Å²) in [5, 5.41) is 3.53. The lowest BCUT2D eigenvalue weighted by molar-refractivity contribution is 0.0951. The summed E-state index contributed by atoms with van der Waals surface area (Å²) in [6.07, 6.45) is 4.13. The average molecular weight is 387 g/mol. The maximum atomic E-state index is 12.8. The summed E-state index contributed by atoms with van der Waals surface area (Å²) in [6.45, 7) is 5.57. The van der Waals surface area contributed by atoms with Gasteiger partial charge in [0.2, 0.25) is 0 Å². The highest BCUT2D eigenvalue weighted by atomic mass is 35.5. The van der Waals surface area contributed by atoms with Crippen molar-refractivity contribution < 1.29 is 4.79 Å². The van der Waals surface area contributed by atoms with E-state index in [4.69, 9.17) is 0 Å². The van der Waals surface area contributed by atoms with Gasteiger partial charge in [-0.3, -0.25) is 14.0 Å². The number of carbonyl (C=O) groups is 1. The van der Waals surface area contributed by atoms with Crippen LogP contribution in [-0.2, 0) is 0 Å². The van der Waals surface area contributed by atoms with E-state index in [0.29, 0.717) is 28.7 Å². The van der Waals surface area contributed by atoms with Crippen molar-refractivity contribution in [3.8, 4) is 0 Å². The molecule has 0 radical (unpaired) electrons. The van der Waals surface area contributed by atoms with Gasteiger partial charge in [0, 0.05) is 19.3 Å². The van der Waals surface area contributed by atoms with E-state index in [-0.39, 0.29) is 23.9 Å². The number of hydrogen-bond donors (Lipinski definition) is 1. The third-order valence-corrected chi connectivity index (χ3v) is 5.03. The Morgan fingerprint density at radius 2 is 1.96 bits per heavy atom. The van der Waals surface area contributed by atoms with Gasteiger partial charge >= 0.3 is 0 Å². The minimum atomic E-state index is -0.192. The molecule has 2 aromatic heterocycles. The fraction of sp³-hybridized carbons (Fsp3) is 0.350. The normalized spacial score (nSPS) is 14.4. The number of hydrogen-bond acceptors (Lipinski definition) is 4. The Labute approximate surface area is 163 Å². The minimum absolute atomic E-state index is 0. The first-order valence-electron chi connectivity index (χ1n) is 9.06. The number of benzene rings is 1. The SMILES string of the molecule is Cc1cccc2c(=O)n3cccc(C(=O)NCCN4CCCC4)c3nc12.Cl. The topological polar surface area (TPSA) is 66.7 Å². The average Bonchev–Trinajstić information content (AvgIpc) is 3.16. The Kier molecular flexibility index (Phi) is 5.77. The molecule has 1 N–H and O–H groups in total. The van der Waals surface area contributed by atoms with Gasteiger partial charge in [-0.15, -0.1) is 12.4 Å². The van der Waals surface area contributed by atoms with Crippen LogP contribution < -0.4 is 10.9 Å². The van der Waals surface area contributed by atoms with Crippen LogP contribution in [-0.4, -0.2) is 46.4 Å². The maximum absolute atomic E-state index is 12.8. The highest BCUT2D eigenvalue weighted by Crippen LogP contribution is 2.16. The van der Waals surface area contributed by atoms with Gasteiger partial charge in [-0.05, 0) is 56.6 Å². The molecule has 0 aliphatic carbocycles. The molecule has 0 bridgehead atoms. The zero-order valence-electron chi connectivity index (χ0n) is 15.3. The number of halogens is 1. The van der Waals surface area contributed by atoms with E-state index in [9.17, 15) is 9.59 Å². The lowest BCUT2D eigenvalue weighted by Crippen LogP contribution is -2.34. The van der Waals surface area contributed by atoms with E-state index in [1.54, 1.807) is 24.4 Å². The number of para-hydroxylation sites is 1. The number of nitrogens with one attached hydrogen (secondary N) is 1. The Bertz CT molecular complexity index is 1040. The van der Waals surface area contributed by atoms with Crippen LogP contribution in [0.4, 0.5) is 0 Å². The molecule has 1 saturated heterocycles. The number of pyridine rings is 1. The molecular formula is C20H23ClN4O2. The summed E-state index contributed by atoms with van der Waals surface area (Å²) in [5.74, 6) is -0.192. The molecule has 1 amide bonds. The van der Waals surface area contributed by atoms with E-state index in [0.717, 1.165) is 25.2 Å². The minimum Gasteiger partial charge on any atom is -0.351 e. The highest BCUT2D eigenvalue weighted by Gasteiger charge is 2.16. The summed E-state index contributed by atoms with van der Waals surface area (Å²) in [4.78, 5) is 32.5. The van der Waals surface area contributed by atoms with Crippen LogP contribution in [0, 0.1) is 6.92 Å². The Balaban J connectivity index is 0.00000210. The molecule has 1 aliphatic heterocycles. The summed E-state index contributed by atoms with van der Waals surface area (Å²) >= 11 is 0. The number of likely N-dealkylation sites (tertiary alicyclic amines) is 1. The number of aryl methyl sites for hydroxylation is 1. The number of carbonyl (C=O) groups excluding carboxylic acids is 1. The summed E-state index contributed by atoms with van der Waals surface area (Å²) in [6, 6.07) is 8.98. The standard InChI is InChI=1S/C20H22N4O2.ClH/c1-14-6-4-7-15-17(14)22-18-16(8-5-12-24(18)20(15)26)19(25)21-9-13-23-10-2-3-11-23;/h4-8,12H,2-3,9-11,13H2,1H3,(H,21,25);1H. The third-order valence-electron chi connectivity index (χ3n) is 5.03. The predicted octanol–water partition coefficient (Wildman–Crippen LogP) is 2.40. The first kappa shape index (κ1) is 19.3. The second-order valence-electron chi connectivity index (χ2n) is 6.81. The Morgan fingerprint density at radius 1 is 1.19 bits per heavy atom. The zero-order chi connectivity index (χ0) is 18.1. The quantitative estimate of drug-likeness (QED) is 0.699. The lowest BCUT2D eigenvalue weighted by Gasteiger charge is -2.15. The fourth-order valence-corrected chi connectivity index (χ4v) is 3.60. The van der Waals surface area contributed by atoms with E-state index in [1.807, 2.05) is 19.1 Å². The van der Waals surface area contributed by atoms with Crippen LogP contribution >= 0.6 is 12.4 Å². The van der Waals surface area contributed by atoms with Gasteiger partial charge in [-0.25, -0.2) is 4.98 Å². The van der Waals surface area contributed by atoms with Crippen LogP contribution in [0.15, 0.2) is 41.3 Å². The second-order valence-corrected chi connectivity index (χ2v) is 6.81.